The Morgan fingerprint density at radius 2 is 2.24 bits per heavy atom. The Morgan fingerprint density at radius 3 is 2.94 bits per heavy atom. The van der Waals surface area contributed by atoms with Gasteiger partial charge in [0.25, 0.3) is 11.5 Å². The van der Waals surface area contributed by atoms with E-state index >= 15 is 0 Å². The second-order valence-corrected chi connectivity index (χ2v) is 3.46. The van der Waals surface area contributed by atoms with Crippen LogP contribution in [0.25, 0.3) is 11.0 Å². The minimum Gasteiger partial charge on any atom is -0.319 e. The predicted octanol–water partition coefficient (Wildman–Crippen LogP) is 0.556. The van der Waals surface area contributed by atoms with Crippen molar-refractivity contribution >= 4 is 16.9 Å². The van der Waals surface area contributed by atoms with Crippen LogP contribution in [0.3, 0.4) is 0 Å². The molecule has 0 aliphatic heterocycles. The van der Waals surface area contributed by atoms with E-state index in [0.29, 0.717) is 16.6 Å². The van der Waals surface area contributed by atoms with Crippen molar-refractivity contribution < 1.29 is 9.63 Å². The van der Waals surface area contributed by atoms with Gasteiger partial charge in [-0.05, 0) is 18.2 Å². The van der Waals surface area contributed by atoms with E-state index < -0.39 is 0 Å². The lowest BCUT2D eigenvalue weighted by atomic mass is 10.2. The number of hydrogen-bond donors (Lipinski definition) is 1. The number of amides is 1. The summed E-state index contributed by atoms with van der Waals surface area (Å²) in [5, 5.41) is 1.12. The number of nitrogens with zero attached hydrogens (tertiary/aromatic N) is 2. The molecule has 0 saturated heterocycles. The third-order valence-electron chi connectivity index (χ3n) is 2.38. The van der Waals surface area contributed by atoms with Crippen molar-refractivity contribution in [2.24, 2.45) is 0 Å². The van der Waals surface area contributed by atoms with E-state index in [0.717, 1.165) is 5.06 Å². The van der Waals surface area contributed by atoms with Gasteiger partial charge in [0.05, 0.1) is 24.3 Å². The largest absolute Gasteiger partial charge is 0.319 e. The van der Waals surface area contributed by atoms with Gasteiger partial charge in [-0.25, -0.2) is 10.0 Å². The van der Waals surface area contributed by atoms with Crippen molar-refractivity contribution in [3.8, 4) is 0 Å². The second kappa shape index (κ2) is 4.34. The number of benzene rings is 1. The summed E-state index contributed by atoms with van der Waals surface area (Å²) in [5.74, 6) is -0.276. The standard InChI is InChI=1S/C11H11N3O3/c1-14(17-2)11(16)7-3-4-8-9(5-7)12-6-10(15)13-8/h3-6H,1-2H3,(H,13,15). The van der Waals surface area contributed by atoms with E-state index in [1.807, 2.05) is 0 Å². The first-order valence-electron chi connectivity index (χ1n) is 4.93. The van der Waals surface area contributed by atoms with Crippen molar-refractivity contribution in [2.45, 2.75) is 0 Å². The molecule has 0 aliphatic rings. The third kappa shape index (κ3) is 2.16. The summed E-state index contributed by atoms with van der Waals surface area (Å²) in [5.41, 5.74) is 1.32. The van der Waals surface area contributed by atoms with Crippen molar-refractivity contribution in [1.82, 2.24) is 15.0 Å². The van der Waals surface area contributed by atoms with Gasteiger partial charge in [0.15, 0.2) is 0 Å². The third-order valence-corrected chi connectivity index (χ3v) is 2.38. The molecule has 0 saturated carbocycles. The Morgan fingerprint density at radius 1 is 1.47 bits per heavy atom. The highest BCUT2D eigenvalue weighted by atomic mass is 16.7. The molecule has 1 heterocycles. The summed E-state index contributed by atoms with van der Waals surface area (Å²) in [6, 6.07) is 4.85. The number of carbonyl (C=O) groups excluding carboxylic acids is 1. The second-order valence-electron chi connectivity index (χ2n) is 3.46. The molecular weight excluding hydrogens is 222 g/mol. The zero-order valence-electron chi connectivity index (χ0n) is 9.43. The van der Waals surface area contributed by atoms with E-state index in [4.69, 9.17) is 4.84 Å². The lowest BCUT2D eigenvalue weighted by Gasteiger charge is -2.13. The number of hydroxylamine groups is 2. The lowest BCUT2D eigenvalue weighted by molar-refractivity contribution is -0.0756. The molecule has 6 heteroatoms. The molecule has 2 aromatic rings. The smallest absolute Gasteiger partial charge is 0.277 e. The molecule has 0 spiro atoms. The first-order valence-corrected chi connectivity index (χ1v) is 4.93. The summed E-state index contributed by atoms with van der Waals surface area (Å²) in [7, 11) is 2.93. The van der Waals surface area contributed by atoms with E-state index in [1.165, 1.54) is 20.4 Å². The first-order chi connectivity index (χ1) is 8.11. The lowest BCUT2D eigenvalue weighted by Crippen LogP contribution is -2.25. The Hall–Kier alpha value is -2.21. The molecule has 1 aromatic carbocycles. The van der Waals surface area contributed by atoms with Gasteiger partial charge in [-0.15, -0.1) is 0 Å². The van der Waals surface area contributed by atoms with Gasteiger partial charge in [0.2, 0.25) is 0 Å². The number of nitrogens with one attached hydrogen (secondary N) is 1. The number of aromatic nitrogens is 2. The average molecular weight is 233 g/mol. The van der Waals surface area contributed by atoms with Crippen LogP contribution < -0.4 is 5.56 Å². The SMILES string of the molecule is CON(C)C(=O)c1ccc2[nH]c(=O)cnc2c1. The molecule has 0 radical (unpaired) electrons. The fourth-order valence-electron chi connectivity index (χ4n) is 1.44. The Balaban J connectivity index is 2.48. The van der Waals surface area contributed by atoms with E-state index in [-0.39, 0.29) is 11.5 Å². The van der Waals surface area contributed by atoms with Gasteiger partial charge >= 0.3 is 0 Å². The minimum atomic E-state index is -0.276. The maximum absolute atomic E-state index is 11.8. The van der Waals surface area contributed by atoms with Crippen LogP contribution in [0.5, 0.6) is 0 Å². The summed E-state index contributed by atoms with van der Waals surface area (Å²) < 4.78 is 0. The van der Waals surface area contributed by atoms with Gasteiger partial charge in [-0.2, -0.15) is 0 Å². The van der Waals surface area contributed by atoms with Crippen molar-refractivity contribution in [3.63, 3.8) is 0 Å². The number of hydrogen-bond acceptors (Lipinski definition) is 4. The van der Waals surface area contributed by atoms with Crippen LogP contribution in [0, 0.1) is 0 Å². The van der Waals surface area contributed by atoms with Crippen LogP contribution in [-0.4, -0.2) is 35.1 Å². The van der Waals surface area contributed by atoms with Gasteiger partial charge in [-0.3, -0.25) is 14.4 Å². The molecule has 0 aliphatic carbocycles. The molecule has 0 bridgehead atoms. The quantitative estimate of drug-likeness (QED) is 0.769. The van der Waals surface area contributed by atoms with E-state index in [2.05, 4.69) is 9.97 Å². The summed E-state index contributed by atoms with van der Waals surface area (Å²) in [6.45, 7) is 0. The van der Waals surface area contributed by atoms with Crippen LogP contribution >= 0.6 is 0 Å². The minimum absolute atomic E-state index is 0.273. The van der Waals surface area contributed by atoms with E-state index in [9.17, 15) is 9.59 Å². The Kier molecular flexibility index (Phi) is 2.88. The number of aromatic amines is 1. The normalized spacial score (nSPS) is 10.5. The number of rotatable bonds is 2. The van der Waals surface area contributed by atoms with Crippen molar-refractivity contribution in [1.29, 1.82) is 0 Å². The zero-order valence-corrected chi connectivity index (χ0v) is 9.43. The average Bonchev–Trinajstić information content (AvgIpc) is 2.36. The summed E-state index contributed by atoms with van der Waals surface area (Å²) in [6.07, 6.45) is 1.18. The number of fused-ring (bicyclic) bond motifs is 1. The van der Waals surface area contributed by atoms with Crippen LogP contribution in [-0.2, 0) is 4.84 Å². The molecule has 17 heavy (non-hydrogen) atoms. The molecule has 2 rings (SSSR count). The maximum Gasteiger partial charge on any atom is 0.277 e. The molecule has 0 fully saturated rings. The molecule has 0 unspecified atom stereocenters. The van der Waals surface area contributed by atoms with Gasteiger partial charge in [0.1, 0.15) is 0 Å². The molecule has 1 amide bonds. The highest BCUT2D eigenvalue weighted by Crippen LogP contribution is 2.11. The number of H-pyrrole nitrogens is 1. The molecule has 6 nitrogen and oxygen atoms in total. The van der Waals surface area contributed by atoms with Gasteiger partial charge in [0, 0.05) is 12.6 Å². The fourth-order valence-corrected chi connectivity index (χ4v) is 1.44. The maximum atomic E-state index is 11.8. The van der Waals surface area contributed by atoms with Crippen LogP contribution in [0.15, 0.2) is 29.2 Å². The predicted molar refractivity (Wildman–Crippen MR) is 61.5 cm³/mol. The molecule has 1 aromatic heterocycles. The highest BCUT2D eigenvalue weighted by Gasteiger charge is 2.11. The Labute approximate surface area is 96.8 Å². The van der Waals surface area contributed by atoms with Crippen LogP contribution in [0.4, 0.5) is 0 Å². The first kappa shape index (κ1) is 11.3. The topological polar surface area (TPSA) is 75.3 Å². The van der Waals surface area contributed by atoms with Crippen LogP contribution in [0.1, 0.15) is 10.4 Å². The molecule has 1 N–H and O–H groups in total. The van der Waals surface area contributed by atoms with Crippen molar-refractivity contribution in [3.05, 3.63) is 40.3 Å². The summed E-state index contributed by atoms with van der Waals surface area (Å²) in [4.78, 5) is 34.2. The molecule has 88 valence electrons. The van der Waals surface area contributed by atoms with E-state index in [1.54, 1.807) is 18.2 Å². The van der Waals surface area contributed by atoms with Crippen molar-refractivity contribution in [2.75, 3.05) is 14.2 Å². The zero-order chi connectivity index (χ0) is 12.4. The molecule has 0 atom stereocenters. The van der Waals surface area contributed by atoms with Gasteiger partial charge < -0.3 is 4.98 Å². The monoisotopic (exact) mass is 233 g/mol. The molecular formula is C11H11N3O3. The highest BCUT2D eigenvalue weighted by molar-refractivity contribution is 5.96. The Bertz CT molecular complexity index is 621. The fraction of sp³-hybridized carbons (Fsp3) is 0.182. The summed E-state index contributed by atoms with van der Waals surface area (Å²) >= 11 is 0. The van der Waals surface area contributed by atoms with Gasteiger partial charge in [-0.1, -0.05) is 0 Å². The number of carbonyl (C=O) groups is 1. The van der Waals surface area contributed by atoms with Crippen LogP contribution in [0.2, 0.25) is 0 Å².